The Morgan fingerprint density at radius 1 is 1.13 bits per heavy atom. The molecule has 0 fully saturated rings. The number of aliphatic imine (C=N–C) groups is 1. The zero-order valence-electron chi connectivity index (χ0n) is 14.0. The standard InChI is InChI=1S/C20H23NO2/c1-14(2)18-9-16-10-20(19(22-3)11-17(16)12-21-18)23-13-15-7-5-4-6-8-15/h4-8,10-12,14,18H,9,13H2,1-3H3/t18-/m1/s1. The van der Waals surface area contributed by atoms with Gasteiger partial charge in [0.25, 0.3) is 0 Å². The van der Waals surface area contributed by atoms with Crippen LogP contribution < -0.4 is 9.47 Å². The molecule has 0 aromatic heterocycles. The number of methoxy groups -OCH3 is 1. The van der Waals surface area contributed by atoms with E-state index in [9.17, 15) is 0 Å². The van der Waals surface area contributed by atoms with Crippen molar-refractivity contribution in [3.05, 3.63) is 59.2 Å². The summed E-state index contributed by atoms with van der Waals surface area (Å²) >= 11 is 0. The lowest BCUT2D eigenvalue weighted by atomic mass is 9.91. The predicted octanol–water partition coefficient (Wildman–Crippen LogP) is 4.27. The fraction of sp³-hybridized carbons (Fsp3) is 0.350. The SMILES string of the molecule is COc1cc2c(cc1OCc1ccccc1)C[C@H](C(C)C)N=C2. The van der Waals surface area contributed by atoms with Crippen LogP contribution in [0.4, 0.5) is 0 Å². The predicted molar refractivity (Wildman–Crippen MR) is 93.7 cm³/mol. The fourth-order valence-corrected chi connectivity index (χ4v) is 2.78. The van der Waals surface area contributed by atoms with Gasteiger partial charge >= 0.3 is 0 Å². The van der Waals surface area contributed by atoms with Crippen LogP contribution in [-0.2, 0) is 13.0 Å². The van der Waals surface area contributed by atoms with Crippen LogP contribution in [-0.4, -0.2) is 19.4 Å². The van der Waals surface area contributed by atoms with Gasteiger partial charge in [0, 0.05) is 6.21 Å². The molecule has 3 nitrogen and oxygen atoms in total. The number of hydrogen-bond donors (Lipinski definition) is 0. The van der Waals surface area contributed by atoms with E-state index >= 15 is 0 Å². The molecule has 2 aromatic rings. The van der Waals surface area contributed by atoms with E-state index < -0.39 is 0 Å². The van der Waals surface area contributed by atoms with Gasteiger partial charge in [0.15, 0.2) is 11.5 Å². The summed E-state index contributed by atoms with van der Waals surface area (Å²) in [6, 6.07) is 14.7. The number of nitrogens with zero attached hydrogens (tertiary/aromatic N) is 1. The van der Waals surface area contributed by atoms with Crippen molar-refractivity contribution in [3.63, 3.8) is 0 Å². The summed E-state index contributed by atoms with van der Waals surface area (Å²) in [5.74, 6) is 2.09. The van der Waals surface area contributed by atoms with Crippen LogP contribution in [0.2, 0.25) is 0 Å². The quantitative estimate of drug-likeness (QED) is 0.825. The van der Waals surface area contributed by atoms with E-state index in [1.165, 1.54) is 5.56 Å². The molecular formula is C20H23NO2. The molecule has 3 rings (SSSR count). The number of benzene rings is 2. The van der Waals surface area contributed by atoms with E-state index in [-0.39, 0.29) is 0 Å². The van der Waals surface area contributed by atoms with Crippen molar-refractivity contribution in [1.82, 2.24) is 0 Å². The monoisotopic (exact) mass is 309 g/mol. The molecule has 23 heavy (non-hydrogen) atoms. The lowest BCUT2D eigenvalue weighted by Crippen LogP contribution is -2.21. The van der Waals surface area contributed by atoms with Crippen LogP contribution in [0.15, 0.2) is 47.5 Å². The zero-order valence-corrected chi connectivity index (χ0v) is 14.0. The van der Waals surface area contributed by atoms with Gasteiger partial charge in [0.05, 0.1) is 13.2 Å². The highest BCUT2D eigenvalue weighted by molar-refractivity contribution is 5.84. The lowest BCUT2D eigenvalue weighted by Gasteiger charge is -2.23. The first-order valence-corrected chi connectivity index (χ1v) is 8.08. The Kier molecular flexibility index (Phi) is 4.65. The highest BCUT2D eigenvalue weighted by Gasteiger charge is 2.20. The Balaban J connectivity index is 1.83. The van der Waals surface area contributed by atoms with Crippen molar-refractivity contribution in [2.45, 2.75) is 32.9 Å². The molecule has 0 spiro atoms. The Bertz CT molecular complexity index is 692. The maximum absolute atomic E-state index is 6.01. The topological polar surface area (TPSA) is 30.8 Å². The molecule has 2 aromatic carbocycles. The largest absolute Gasteiger partial charge is 0.493 e. The average Bonchev–Trinajstić information content (AvgIpc) is 2.59. The maximum atomic E-state index is 6.01. The third-order valence-electron chi connectivity index (χ3n) is 4.27. The molecule has 0 radical (unpaired) electrons. The highest BCUT2D eigenvalue weighted by atomic mass is 16.5. The van der Waals surface area contributed by atoms with E-state index in [1.807, 2.05) is 30.5 Å². The average molecular weight is 309 g/mol. The van der Waals surface area contributed by atoms with Gasteiger partial charge in [0.1, 0.15) is 6.61 Å². The van der Waals surface area contributed by atoms with E-state index in [4.69, 9.17) is 9.47 Å². The summed E-state index contributed by atoms with van der Waals surface area (Å²) in [5, 5.41) is 0. The Morgan fingerprint density at radius 3 is 2.61 bits per heavy atom. The molecule has 0 amide bonds. The molecular weight excluding hydrogens is 286 g/mol. The minimum atomic E-state index is 0.345. The van der Waals surface area contributed by atoms with E-state index in [0.29, 0.717) is 18.6 Å². The van der Waals surface area contributed by atoms with Crippen molar-refractivity contribution in [1.29, 1.82) is 0 Å². The van der Waals surface area contributed by atoms with Gasteiger partial charge < -0.3 is 9.47 Å². The smallest absolute Gasteiger partial charge is 0.161 e. The molecule has 1 aliphatic rings. The Morgan fingerprint density at radius 2 is 1.91 bits per heavy atom. The van der Waals surface area contributed by atoms with Gasteiger partial charge in [0.2, 0.25) is 0 Å². The molecule has 0 saturated heterocycles. The summed E-state index contributed by atoms with van der Waals surface area (Å²) in [6.45, 7) is 4.96. The van der Waals surface area contributed by atoms with Crippen molar-refractivity contribution in [3.8, 4) is 11.5 Å². The molecule has 0 bridgehead atoms. The second kappa shape index (κ2) is 6.86. The van der Waals surface area contributed by atoms with Crippen molar-refractivity contribution < 1.29 is 9.47 Å². The van der Waals surface area contributed by atoms with Crippen LogP contribution in [0.1, 0.15) is 30.5 Å². The molecule has 1 heterocycles. The third kappa shape index (κ3) is 3.55. The van der Waals surface area contributed by atoms with Crippen LogP contribution in [0, 0.1) is 5.92 Å². The van der Waals surface area contributed by atoms with E-state index in [1.54, 1.807) is 7.11 Å². The minimum absolute atomic E-state index is 0.345. The van der Waals surface area contributed by atoms with E-state index in [2.05, 4.69) is 37.0 Å². The van der Waals surface area contributed by atoms with Crippen molar-refractivity contribution >= 4 is 6.21 Å². The first-order chi connectivity index (χ1) is 11.2. The molecule has 0 saturated carbocycles. The zero-order chi connectivity index (χ0) is 16.2. The minimum Gasteiger partial charge on any atom is -0.493 e. The van der Waals surface area contributed by atoms with Crippen LogP contribution >= 0.6 is 0 Å². The van der Waals surface area contributed by atoms with Gasteiger partial charge in [-0.05, 0) is 41.2 Å². The van der Waals surface area contributed by atoms with Crippen molar-refractivity contribution in [2.75, 3.05) is 7.11 Å². The van der Waals surface area contributed by atoms with Gasteiger partial charge in [-0.25, -0.2) is 0 Å². The highest BCUT2D eigenvalue weighted by Crippen LogP contribution is 2.33. The maximum Gasteiger partial charge on any atom is 0.161 e. The molecule has 1 aliphatic heterocycles. The molecule has 3 heteroatoms. The summed E-state index contributed by atoms with van der Waals surface area (Å²) in [4.78, 5) is 4.65. The fourth-order valence-electron chi connectivity index (χ4n) is 2.78. The second-order valence-electron chi connectivity index (χ2n) is 6.27. The third-order valence-corrected chi connectivity index (χ3v) is 4.27. The Hall–Kier alpha value is -2.29. The molecule has 0 N–H and O–H groups in total. The summed E-state index contributed by atoms with van der Waals surface area (Å²) < 4.78 is 11.5. The number of fused-ring (bicyclic) bond motifs is 1. The van der Waals surface area contributed by atoms with Gasteiger partial charge in [-0.1, -0.05) is 44.2 Å². The van der Waals surface area contributed by atoms with Crippen LogP contribution in [0.5, 0.6) is 11.5 Å². The number of hydrogen-bond acceptors (Lipinski definition) is 3. The van der Waals surface area contributed by atoms with Gasteiger partial charge in [-0.3, -0.25) is 4.99 Å². The second-order valence-corrected chi connectivity index (χ2v) is 6.27. The first kappa shape index (κ1) is 15.6. The van der Waals surface area contributed by atoms with Gasteiger partial charge in [-0.2, -0.15) is 0 Å². The summed E-state index contributed by atoms with van der Waals surface area (Å²) in [5.41, 5.74) is 3.56. The number of rotatable bonds is 5. The Labute approximate surface area is 138 Å². The summed E-state index contributed by atoms with van der Waals surface area (Å²) in [7, 11) is 1.67. The van der Waals surface area contributed by atoms with Crippen LogP contribution in [0.25, 0.3) is 0 Å². The molecule has 1 atom stereocenters. The first-order valence-electron chi connectivity index (χ1n) is 8.08. The molecule has 120 valence electrons. The van der Waals surface area contributed by atoms with Crippen molar-refractivity contribution in [2.24, 2.45) is 10.9 Å². The molecule has 0 unspecified atom stereocenters. The molecule has 0 aliphatic carbocycles. The lowest BCUT2D eigenvalue weighted by molar-refractivity contribution is 0.284. The summed E-state index contributed by atoms with van der Waals surface area (Å²) in [6.07, 6.45) is 2.92. The van der Waals surface area contributed by atoms with Gasteiger partial charge in [-0.15, -0.1) is 0 Å². The normalized spacial score (nSPS) is 16.3. The van der Waals surface area contributed by atoms with Crippen LogP contribution in [0.3, 0.4) is 0 Å². The number of ether oxygens (including phenoxy) is 2. The van der Waals surface area contributed by atoms with E-state index in [0.717, 1.165) is 29.0 Å².